The summed E-state index contributed by atoms with van der Waals surface area (Å²) in [5.41, 5.74) is 5.02. The van der Waals surface area contributed by atoms with Crippen molar-refractivity contribution in [1.29, 1.82) is 0 Å². The molecule has 2 aliphatic rings. The number of carbonyl (C=O) groups is 1. The van der Waals surface area contributed by atoms with Crippen LogP contribution < -0.4 is 11.1 Å². The molecule has 0 aromatic rings. The third kappa shape index (κ3) is 3.63. The zero-order valence-corrected chi connectivity index (χ0v) is 12.8. The first-order chi connectivity index (χ1) is 10.4. The van der Waals surface area contributed by atoms with Crippen LogP contribution in [0.3, 0.4) is 0 Å². The van der Waals surface area contributed by atoms with Crippen LogP contribution in [0.15, 0.2) is 0 Å². The average molecular weight is 314 g/mol. The van der Waals surface area contributed by atoms with E-state index in [1.165, 1.54) is 0 Å². The van der Waals surface area contributed by atoms with Gasteiger partial charge >= 0.3 is 13.1 Å². The second-order valence-electron chi connectivity index (χ2n) is 6.84. The fourth-order valence-corrected chi connectivity index (χ4v) is 4.53. The van der Waals surface area contributed by atoms with E-state index < -0.39 is 18.6 Å². The summed E-state index contributed by atoms with van der Waals surface area (Å²) in [6.07, 6.45) is 3.67. The van der Waals surface area contributed by atoms with Crippen molar-refractivity contribution in [3.05, 3.63) is 0 Å². The van der Waals surface area contributed by atoms with Crippen LogP contribution in [0, 0.1) is 17.8 Å². The van der Waals surface area contributed by atoms with Crippen LogP contribution in [0.4, 0.5) is 0 Å². The Bertz CT molecular complexity index is 397. The number of carboxylic acid groups (broad SMARTS) is 1. The number of nitrogens with one attached hydrogen (secondary N) is 1. The molecule has 2 saturated carbocycles. The predicted molar refractivity (Wildman–Crippen MR) is 82.0 cm³/mol. The van der Waals surface area contributed by atoms with Crippen molar-refractivity contribution in [3.8, 4) is 0 Å². The maximum atomic E-state index is 11.6. The lowest BCUT2D eigenvalue weighted by atomic mass is 9.75. The largest absolute Gasteiger partial charge is 0.480 e. The molecule has 0 saturated heterocycles. The van der Waals surface area contributed by atoms with Crippen LogP contribution in [0.1, 0.15) is 32.1 Å². The van der Waals surface area contributed by atoms with Gasteiger partial charge in [0.05, 0.1) is 6.61 Å². The fourth-order valence-electron chi connectivity index (χ4n) is 4.53. The summed E-state index contributed by atoms with van der Waals surface area (Å²) in [4.78, 5) is 11.6. The standard InChI is InChI=1S/C14H27BN2O5/c16-14(13(19)20)8-9-6-10(17-4-5-18)7-11(9)12(14)2-1-3-15(21)22/h9-12,17-18,21-22H,1-8,16H2,(H,19,20). The van der Waals surface area contributed by atoms with Gasteiger partial charge in [0.25, 0.3) is 0 Å². The van der Waals surface area contributed by atoms with Gasteiger partial charge in [-0.3, -0.25) is 4.79 Å². The first-order valence-electron chi connectivity index (χ1n) is 8.11. The minimum Gasteiger partial charge on any atom is -0.480 e. The van der Waals surface area contributed by atoms with E-state index in [0.717, 1.165) is 12.8 Å². The highest BCUT2D eigenvalue weighted by Gasteiger charge is 2.57. The molecule has 0 bridgehead atoms. The Labute approximate surface area is 131 Å². The van der Waals surface area contributed by atoms with E-state index in [9.17, 15) is 9.90 Å². The van der Waals surface area contributed by atoms with Crippen molar-refractivity contribution in [1.82, 2.24) is 5.32 Å². The summed E-state index contributed by atoms with van der Waals surface area (Å²) in [6.45, 7) is 0.651. The molecule has 0 aromatic heterocycles. The number of aliphatic hydroxyl groups is 1. The van der Waals surface area contributed by atoms with Gasteiger partial charge in [-0.1, -0.05) is 6.42 Å². The maximum Gasteiger partial charge on any atom is 0.451 e. The molecule has 7 nitrogen and oxygen atoms in total. The molecule has 22 heavy (non-hydrogen) atoms. The van der Waals surface area contributed by atoms with Crippen LogP contribution in [-0.2, 0) is 4.79 Å². The molecule has 0 heterocycles. The van der Waals surface area contributed by atoms with Crippen LogP contribution in [0.5, 0.6) is 0 Å². The molecule has 5 atom stereocenters. The number of carboxylic acids is 1. The number of aliphatic hydroxyl groups excluding tert-OH is 1. The third-order valence-corrected chi connectivity index (χ3v) is 5.45. The molecule has 0 amide bonds. The molecule has 0 radical (unpaired) electrons. The Balaban J connectivity index is 2.01. The van der Waals surface area contributed by atoms with E-state index in [2.05, 4.69) is 5.32 Å². The molecular weight excluding hydrogens is 287 g/mol. The quantitative estimate of drug-likeness (QED) is 0.317. The molecule has 2 aliphatic carbocycles. The molecule has 2 rings (SSSR count). The highest BCUT2D eigenvalue weighted by atomic mass is 16.4. The number of nitrogens with two attached hydrogens (primary N) is 1. The average Bonchev–Trinajstić information content (AvgIpc) is 2.93. The van der Waals surface area contributed by atoms with E-state index in [0.29, 0.717) is 37.8 Å². The lowest BCUT2D eigenvalue weighted by Gasteiger charge is -2.31. The Morgan fingerprint density at radius 2 is 2.09 bits per heavy atom. The second kappa shape index (κ2) is 7.27. The monoisotopic (exact) mass is 314 g/mol. The molecule has 0 aliphatic heterocycles. The van der Waals surface area contributed by atoms with Gasteiger partial charge in [0.15, 0.2) is 0 Å². The normalized spacial score (nSPS) is 37.3. The van der Waals surface area contributed by atoms with Crippen LogP contribution in [0.2, 0.25) is 6.32 Å². The summed E-state index contributed by atoms with van der Waals surface area (Å²) < 4.78 is 0. The van der Waals surface area contributed by atoms with Crippen molar-refractivity contribution in [2.24, 2.45) is 23.5 Å². The van der Waals surface area contributed by atoms with Gasteiger partial charge in [-0.05, 0) is 49.8 Å². The van der Waals surface area contributed by atoms with Crippen molar-refractivity contribution >= 4 is 13.1 Å². The van der Waals surface area contributed by atoms with Crippen molar-refractivity contribution < 1.29 is 25.1 Å². The lowest BCUT2D eigenvalue weighted by Crippen LogP contribution is -2.52. The molecule has 8 heteroatoms. The topological polar surface area (TPSA) is 136 Å². The van der Waals surface area contributed by atoms with Crippen molar-refractivity contribution in [2.75, 3.05) is 13.2 Å². The van der Waals surface area contributed by atoms with E-state index in [1.54, 1.807) is 0 Å². The highest BCUT2D eigenvalue weighted by molar-refractivity contribution is 6.40. The van der Waals surface area contributed by atoms with Gasteiger partial charge in [0.2, 0.25) is 0 Å². The Hall–Kier alpha value is -0.665. The van der Waals surface area contributed by atoms with E-state index in [-0.39, 0.29) is 24.8 Å². The molecule has 2 fully saturated rings. The fraction of sp³-hybridized carbons (Fsp3) is 0.929. The molecular formula is C14H27BN2O5. The molecule has 5 unspecified atom stereocenters. The van der Waals surface area contributed by atoms with Gasteiger partial charge < -0.3 is 31.3 Å². The molecule has 126 valence electrons. The summed E-state index contributed by atoms with van der Waals surface area (Å²) in [7, 11) is -1.35. The summed E-state index contributed by atoms with van der Waals surface area (Å²) in [5, 5.41) is 39.7. The van der Waals surface area contributed by atoms with Gasteiger partial charge in [-0.25, -0.2) is 0 Å². The molecule has 0 spiro atoms. The predicted octanol–water partition coefficient (Wildman–Crippen LogP) is -0.982. The van der Waals surface area contributed by atoms with Crippen LogP contribution in [-0.4, -0.2) is 58.1 Å². The van der Waals surface area contributed by atoms with Gasteiger partial charge in [0.1, 0.15) is 5.54 Å². The third-order valence-electron chi connectivity index (χ3n) is 5.45. The Kier molecular flexibility index (Phi) is 5.84. The maximum absolute atomic E-state index is 11.6. The summed E-state index contributed by atoms with van der Waals surface area (Å²) in [5.74, 6) is -0.527. The number of hydrogen-bond donors (Lipinski definition) is 6. The molecule has 7 N–H and O–H groups in total. The zero-order valence-electron chi connectivity index (χ0n) is 12.8. The van der Waals surface area contributed by atoms with E-state index >= 15 is 0 Å². The smallest absolute Gasteiger partial charge is 0.451 e. The van der Waals surface area contributed by atoms with Gasteiger partial charge in [0, 0.05) is 12.6 Å². The number of hydrogen-bond acceptors (Lipinski definition) is 6. The van der Waals surface area contributed by atoms with Crippen LogP contribution >= 0.6 is 0 Å². The van der Waals surface area contributed by atoms with Crippen LogP contribution in [0.25, 0.3) is 0 Å². The minimum atomic E-state index is -1.35. The van der Waals surface area contributed by atoms with Crippen molar-refractivity contribution in [2.45, 2.75) is 50.0 Å². The summed E-state index contributed by atoms with van der Waals surface area (Å²) >= 11 is 0. The lowest BCUT2D eigenvalue weighted by molar-refractivity contribution is -0.145. The van der Waals surface area contributed by atoms with Gasteiger partial charge in [-0.2, -0.15) is 0 Å². The van der Waals surface area contributed by atoms with Gasteiger partial charge in [-0.15, -0.1) is 0 Å². The first kappa shape index (κ1) is 17.7. The molecule has 0 aromatic carbocycles. The number of aliphatic carboxylic acids is 1. The van der Waals surface area contributed by atoms with E-state index in [4.69, 9.17) is 20.9 Å². The number of rotatable bonds is 8. The van der Waals surface area contributed by atoms with Crippen molar-refractivity contribution in [3.63, 3.8) is 0 Å². The second-order valence-corrected chi connectivity index (χ2v) is 6.84. The highest BCUT2D eigenvalue weighted by Crippen LogP contribution is 2.53. The van der Waals surface area contributed by atoms with E-state index in [1.807, 2.05) is 0 Å². The minimum absolute atomic E-state index is 0.0968. The first-order valence-corrected chi connectivity index (χ1v) is 8.11. The number of fused-ring (bicyclic) bond motifs is 1. The summed E-state index contributed by atoms with van der Waals surface area (Å²) in [6, 6.07) is 0.312. The Morgan fingerprint density at radius 3 is 2.68 bits per heavy atom. The zero-order chi connectivity index (χ0) is 16.3. The SMILES string of the molecule is NC1(C(=O)O)CC2CC(NCCO)CC2C1CCCB(O)O. The Morgan fingerprint density at radius 1 is 1.36 bits per heavy atom.